The third-order valence-electron chi connectivity index (χ3n) is 3.29. The molecular formula is C15H13ClN2O6S. The summed E-state index contributed by atoms with van der Waals surface area (Å²) in [5.41, 5.74) is 0.0185. The molecule has 0 aliphatic heterocycles. The van der Waals surface area contributed by atoms with Gasteiger partial charge in [-0.1, -0.05) is 29.8 Å². The topological polar surface area (TPSA) is 127 Å². The molecule has 0 fully saturated rings. The second-order valence-electron chi connectivity index (χ2n) is 5.08. The highest BCUT2D eigenvalue weighted by molar-refractivity contribution is 7.89. The SMILES string of the molecule is O=C(O)C[C@@H](NS(=O)(=O)c1cccc([N+](=O)[O-])c1)c1ccc(Cl)cc1. The predicted molar refractivity (Wildman–Crippen MR) is 89.9 cm³/mol. The number of aliphatic carboxylic acids is 1. The summed E-state index contributed by atoms with van der Waals surface area (Å²) in [6.45, 7) is 0. The average molecular weight is 385 g/mol. The van der Waals surface area contributed by atoms with Crippen LogP contribution >= 0.6 is 11.6 Å². The van der Waals surface area contributed by atoms with Crippen LogP contribution in [0.15, 0.2) is 53.4 Å². The Bertz CT molecular complexity index is 898. The number of nitro benzene ring substituents is 1. The molecule has 0 aliphatic rings. The number of carboxylic acid groups (broad SMARTS) is 1. The van der Waals surface area contributed by atoms with Gasteiger partial charge in [-0.15, -0.1) is 0 Å². The van der Waals surface area contributed by atoms with Gasteiger partial charge in [0.15, 0.2) is 0 Å². The minimum atomic E-state index is -4.17. The summed E-state index contributed by atoms with van der Waals surface area (Å²) in [6.07, 6.45) is -0.504. The first-order valence-electron chi connectivity index (χ1n) is 6.93. The maximum absolute atomic E-state index is 12.5. The van der Waals surface area contributed by atoms with Crippen molar-refractivity contribution in [2.75, 3.05) is 0 Å². The number of nitro groups is 1. The summed E-state index contributed by atoms with van der Waals surface area (Å²) < 4.78 is 27.2. The van der Waals surface area contributed by atoms with Crippen LogP contribution in [0, 0.1) is 10.1 Å². The first-order valence-corrected chi connectivity index (χ1v) is 8.79. The van der Waals surface area contributed by atoms with E-state index in [1.54, 1.807) is 0 Å². The van der Waals surface area contributed by atoms with Gasteiger partial charge in [0.05, 0.1) is 22.3 Å². The first-order chi connectivity index (χ1) is 11.7. The third kappa shape index (κ3) is 4.99. The van der Waals surface area contributed by atoms with Gasteiger partial charge < -0.3 is 5.11 Å². The van der Waals surface area contributed by atoms with Crippen LogP contribution < -0.4 is 4.72 Å². The summed E-state index contributed by atoms with van der Waals surface area (Å²) in [4.78, 5) is 20.8. The van der Waals surface area contributed by atoms with Gasteiger partial charge >= 0.3 is 5.97 Å². The Kier molecular flexibility index (Phi) is 5.73. The third-order valence-corrected chi connectivity index (χ3v) is 5.01. The van der Waals surface area contributed by atoms with Crippen LogP contribution in [-0.2, 0) is 14.8 Å². The molecule has 25 heavy (non-hydrogen) atoms. The van der Waals surface area contributed by atoms with E-state index in [1.807, 2.05) is 0 Å². The van der Waals surface area contributed by atoms with E-state index in [4.69, 9.17) is 16.7 Å². The Balaban J connectivity index is 2.36. The summed E-state index contributed by atoms with van der Waals surface area (Å²) >= 11 is 5.78. The van der Waals surface area contributed by atoms with Crippen LogP contribution in [-0.4, -0.2) is 24.4 Å². The standard InChI is InChI=1S/C15H13ClN2O6S/c16-11-6-4-10(5-7-11)14(9-15(19)20)17-25(23,24)13-3-1-2-12(8-13)18(21)22/h1-8,14,17H,9H2,(H,19,20)/t14-/m1/s1. The second kappa shape index (κ2) is 7.60. The van der Waals surface area contributed by atoms with Crippen molar-refractivity contribution < 1.29 is 23.2 Å². The van der Waals surface area contributed by atoms with Gasteiger partial charge in [-0.2, -0.15) is 0 Å². The van der Waals surface area contributed by atoms with E-state index in [9.17, 15) is 23.3 Å². The molecule has 0 saturated heterocycles. The molecule has 2 aromatic carbocycles. The van der Waals surface area contributed by atoms with Crippen LogP contribution in [0.4, 0.5) is 5.69 Å². The summed E-state index contributed by atoms with van der Waals surface area (Å²) in [6, 6.07) is 9.46. The van der Waals surface area contributed by atoms with Gasteiger partial charge in [-0.3, -0.25) is 14.9 Å². The average Bonchev–Trinajstić information content (AvgIpc) is 2.54. The van der Waals surface area contributed by atoms with E-state index in [0.717, 1.165) is 12.1 Å². The fourth-order valence-corrected chi connectivity index (χ4v) is 3.51. The molecule has 10 heteroatoms. The molecule has 0 saturated carbocycles. The fourth-order valence-electron chi connectivity index (χ4n) is 2.12. The molecule has 0 radical (unpaired) electrons. The highest BCUT2D eigenvalue weighted by atomic mass is 35.5. The van der Waals surface area contributed by atoms with E-state index in [0.29, 0.717) is 10.6 Å². The van der Waals surface area contributed by atoms with Crippen molar-refractivity contribution in [1.29, 1.82) is 0 Å². The normalized spacial score (nSPS) is 12.5. The van der Waals surface area contributed by atoms with Crippen molar-refractivity contribution >= 4 is 33.3 Å². The molecule has 0 aromatic heterocycles. The van der Waals surface area contributed by atoms with Gasteiger partial charge in [0.25, 0.3) is 5.69 Å². The van der Waals surface area contributed by atoms with Crippen LogP contribution in [0.2, 0.25) is 5.02 Å². The fraction of sp³-hybridized carbons (Fsp3) is 0.133. The maximum Gasteiger partial charge on any atom is 0.305 e. The molecule has 0 aliphatic carbocycles. The number of rotatable bonds is 7. The molecule has 0 amide bonds. The van der Waals surface area contributed by atoms with Crippen molar-refractivity contribution in [2.24, 2.45) is 0 Å². The van der Waals surface area contributed by atoms with E-state index in [2.05, 4.69) is 4.72 Å². The number of carbonyl (C=O) groups is 1. The lowest BCUT2D eigenvalue weighted by atomic mass is 10.1. The van der Waals surface area contributed by atoms with Gasteiger partial charge in [-0.05, 0) is 23.8 Å². The zero-order valence-corrected chi connectivity index (χ0v) is 14.2. The zero-order valence-electron chi connectivity index (χ0n) is 12.6. The number of benzene rings is 2. The van der Waals surface area contributed by atoms with Gasteiger partial charge in [0, 0.05) is 17.2 Å². The summed E-state index contributed by atoms with van der Waals surface area (Å²) in [7, 11) is -4.17. The minimum absolute atomic E-state index is 0.328. The molecule has 1 atom stereocenters. The Morgan fingerprint density at radius 2 is 1.88 bits per heavy atom. The van der Waals surface area contributed by atoms with Gasteiger partial charge in [0.2, 0.25) is 10.0 Å². The van der Waals surface area contributed by atoms with Crippen molar-refractivity contribution in [2.45, 2.75) is 17.4 Å². The molecule has 2 N–H and O–H groups in total. The largest absolute Gasteiger partial charge is 0.481 e. The number of halogens is 1. The van der Waals surface area contributed by atoms with Crippen LogP contribution in [0.5, 0.6) is 0 Å². The Morgan fingerprint density at radius 3 is 2.44 bits per heavy atom. The van der Waals surface area contributed by atoms with Gasteiger partial charge in [-0.25, -0.2) is 13.1 Å². The molecule has 0 bridgehead atoms. The number of sulfonamides is 1. The van der Waals surface area contributed by atoms with Crippen molar-refractivity contribution in [1.82, 2.24) is 4.72 Å². The lowest BCUT2D eigenvalue weighted by Gasteiger charge is -2.17. The Morgan fingerprint density at radius 1 is 1.24 bits per heavy atom. The number of nitrogens with zero attached hydrogens (tertiary/aromatic N) is 1. The molecule has 0 heterocycles. The number of non-ortho nitro benzene ring substituents is 1. The molecule has 2 aromatic rings. The molecule has 132 valence electrons. The monoisotopic (exact) mass is 384 g/mol. The first kappa shape index (κ1) is 18.8. The minimum Gasteiger partial charge on any atom is -0.481 e. The predicted octanol–water partition coefficient (Wildman–Crippen LogP) is 2.74. The van der Waals surface area contributed by atoms with E-state index < -0.39 is 33.4 Å². The molecule has 0 spiro atoms. The van der Waals surface area contributed by atoms with Gasteiger partial charge in [0.1, 0.15) is 0 Å². The maximum atomic E-state index is 12.5. The molecule has 0 unspecified atom stereocenters. The van der Waals surface area contributed by atoms with Crippen molar-refractivity contribution in [3.8, 4) is 0 Å². The van der Waals surface area contributed by atoms with Crippen molar-refractivity contribution in [3.05, 3.63) is 69.2 Å². The number of hydrogen-bond donors (Lipinski definition) is 2. The lowest BCUT2D eigenvalue weighted by Crippen LogP contribution is -2.30. The number of hydrogen-bond acceptors (Lipinski definition) is 5. The van der Waals surface area contributed by atoms with Crippen LogP contribution in [0.1, 0.15) is 18.0 Å². The van der Waals surface area contributed by atoms with E-state index in [1.165, 1.54) is 36.4 Å². The quantitative estimate of drug-likeness (QED) is 0.558. The second-order valence-corrected chi connectivity index (χ2v) is 7.23. The Labute approximate surface area is 148 Å². The summed E-state index contributed by atoms with van der Waals surface area (Å²) in [5.74, 6) is -1.21. The lowest BCUT2D eigenvalue weighted by molar-refractivity contribution is -0.385. The van der Waals surface area contributed by atoms with E-state index >= 15 is 0 Å². The van der Waals surface area contributed by atoms with Crippen LogP contribution in [0.25, 0.3) is 0 Å². The number of nitrogens with one attached hydrogen (secondary N) is 1. The molecular weight excluding hydrogens is 372 g/mol. The molecule has 8 nitrogen and oxygen atoms in total. The zero-order chi connectivity index (χ0) is 18.6. The van der Waals surface area contributed by atoms with E-state index in [-0.39, 0.29) is 10.6 Å². The van der Waals surface area contributed by atoms with Crippen LogP contribution in [0.3, 0.4) is 0 Å². The highest BCUT2D eigenvalue weighted by Crippen LogP contribution is 2.24. The molecule has 2 rings (SSSR count). The van der Waals surface area contributed by atoms with Crippen molar-refractivity contribution in [3.63, 3.8) is 0 Å². The highest BCUT2D eigenvalue weighted by Gasteiger charge is 2.25. The summed E-state index contributed by atoms with van der Waals surface area (Å²) in [5, 5.41) is 20.3. The number of carboxylic acids is 1. The Hall–Kier alpha value is -2.49. The smallest absolute Gasteiger partial charge is 0.305 e.